The van der Waals surface area contributed by atoms with Gasteiger partial charge in [0.15, 0.2) is 11.7 Å². The summed E-state index contributed by atoms with van der Waals surface area (Å²) >= 11 is 17.5. The SMILES string of the molecule is O=C(C[NH+]1CCN(C(=S)Nc2cc(Cl)cc(Cl)c2)CC1)N1CCOCC1. The van der Waals surface area contributed by atoms with Crippen LogP contribution in [-0.4, -0.2) is 79.8 Å². The molecular weight excluding hydrogens is 395 g/mol. The molecule has 0 bridgehead atoms. The van der Waals surface area contributed by atoms with Crippen LogP contribution in [0.3, 0.4) is 0 Å². The molecule has 0 aromatic heterocycles. The Labute approximate surface area is 169 Å². The van der Waals surface area contributed by atoms with Gasteiger partial charge in [0.1, 0.15) is 0 Å². The van der Waals surface area contributed by atoms with E-state index in [1.165, 1.54) is 4.90 Å². The first kappa shape index (κ1) is 19.6. The third kappa shape index (κ3) is 5.44. The van der Waals surface area contributed by atoms with E-state index in [9.17, 15) is 4.79 Å². The maximum Gasteiger partial charge on any atom is 0.277 e. The molecule has 1 aromatic rings. The molecule has 2 aliphatic rings. The molecule has 1 aromatic carbocycles. The Balaban J connectivity index is 1.45. The first-order valence-corrected chi connectivity index (χ1v) is 9.89. The number of halogens is 2. The number of morpholine rings is 1. The fourth-order valence-electron chi connectivity index (χ4n) is 3.17. The van der Waals surface area contributed by atoms with Crippen LogP contribution in [0.25, 0.3) is 0 Å². The highest BCUT2D eigenvalue weighted by Crippen LogP contribution is 2.22. The average molecular weight is 418 g/mol. The van der Waals surface area contributed by atoms with Crippen molar-refractivity contribution in [3.05, 3.63) is 28.2 Å². The molecule has 26 heavy (non-hydrogen) atoms. The van der Waals surface area contributed by atoms with Crippen molar-refractivity contribution in [2.75, 3.05) is 64.3 Å². The Kier molecular flexibility index (Phi) is 6.94. The van der Waals surface area contributed by atoms with E-state index < -0.39 is 0 Å². The number of hydrogen-bond acceptors (Lipinski definition) is 3. The lowest BCUT2D eigenvalue weighted by atomic mass is 10.3. The van der Waals surface area contributed by atoms with Gasteiger partial charge in [-0.05, 0) is 30.4 Å². The molecule has 0 unspecified atom stereocenters. The van der Waals surface area contributed by atoms with Crippen molar-refractivity contribution in [3.63, 3.8) is 0 Å². The first-order valence-electron chi connectivity index (χ1n) is 8.72. The summed E-state index contributed by atoms with van der Waals surface area (Å²) in [6.45, 7) is 6.62. The maximum absolute atomic E-state index is 12.4. The quantitative estimate of drug-likeness (QED) is 0.710. The average Bonchev–Trinajstić information content (AvgIpc) is 2.62. The van der Waals surface area contributed by atoms with Gasteiger partial charge in [0.2, 0.25) is 0 Å². The number of anilines is 1. The van der Waals surface area contributed by atoms with Crippen molar-refractivity contribution >= 4 is 52.1 Å². The molecule has 0 atom stereocenters. The van der Waals surface area contributed by atoms with Crippen molar-refractivity contribution in [3.8, 4) is 0 Å². The number of carbonyl (C=O) groups is 1. The number of nitrogens with zero attached hydrogens (tertiary/aromatic N) is 2. The molecule has 0 aliphatic carbocycles. The molecule has 3 rings (SSSR count). The largest absolute Gasteiger partial charge is 0.378 e. The molecule has 1 amide bonds. The van der Waals surface area contributed by atoms with Crippen LogP contribution in [0.5, 0.6) is 0 Å². The molecular formula is C17H23Cl2N4O2S+. The normalized spacial score (nSPS) is 18.7. The molecule has 6 nitrogen and oxygen atoms in total. The van der Waals surface area contributed by atoms with E-state index in [1.54, 1.807) is 18.2 Å². The van der Waals surface area contributed by atoms with E-state index in [4.69, 9.17) is 40.2 Å². The van der Waals surface area contributed by atoms with Crippen molar-refractivity contribution in [2.24, 2.45) is 0 Å². The van der Waals surface area contributed by atoms with E-state index >= 15 is 0 Å². The standard InChI is InChI=1S/C17H22Cl2N4O2S/c18-13-9-14(19)11-15(10-13)20-17(26)23-3-1-21(2-4-23)12-16(24)22-5-7-25-8-6-22/h9-11H,1-8,12H2,(H,20,26)/p+1. The van der Waals surface area contributed by atoms with Crippen molar-refractivity contribution in [1.82, 2.24) is 9.80 Å². The zero-order chi connectivity index (χ0) is 18.5. The van der Waals surface area contributed by atoms with Crippen LogP contribution >= 0.6 is 35.4 Å². The summed E-state index contributed by atoms with van der Waals surface area (Å²) in [6.07, 6.45) is 0. The molecule has 0 radical (unpaired) electrons. The molecule has 2 saturated heterocycles. The highest BCUT2D eigenvalue weighted by molar-refractivity contribution is 7.80. The fourth-order valence-corrected chi connectivity index (χ4v) is 4.00. The van der Waals surface area contributed by atoms with Crippen molar-refractivity contribution in [2.45, 2.75) is 0 Å². The highest BCUT2D eigenvalue weighted by Gasteiger charge is 2.26. The minimum atomic E-state index is 0.214. The van der Waals surface area contributed by atoms with E-state index in [2.05, 4.69) is 10.2 Å². The Morgan fingerprint density at radius 3 is 2.31 bits per heavy atom. The number of benzene rings is 1. The van der Waals surface area contributed by atoms with E-state index in [1.807, 2.05) is 4.90 Å². The maximum atomic E-state index is 12.4. The van der Waals surface area contributed by atoms with Crippen LogP contribution in [-0.2, 0) is 9.53 Å². The van der Waals surface area contributed by atoms with Crippen LogP contribution in [0.2, 0.25) is 10.0 Å². The Morgan fingerprint density at radius 2 is 1.69 bits per heavy atom. The van der Waals surface area contributed by atoms with Gasteiger partial charge in [-0.3, -0.25) is 4.79 Å². The Bertz CT molecular complexity index is 642. The summed E-state index contributed by atoms with van der Waals surface area (Å²) in [6, 6.07) is 5.27. The molecule has 0 spiro atoms. The molecule has 9 heteroatoms. The highest BCUT2D eigenvalue weighted by atomic mass is 35.5. The van der Waals surface area contributed by atoms with Crippen molar-refractivity contribution in [1.29, 1.82) is 0 Å². The van der Waals surface area contributed by atoms with Gasteiger partial charge in [-0.25, -0.2) is 0 Å². The van der Waals surface area contributed by atoms with Gasteiger partial charge in [-0.2, -0.15) is 0 Å². The predicted octanol–water partition coefficient (Wildman–Crippen LogP) is 0.750. The summed E-state index contributed by atoms with van der Waals surface area (Å²) in [7, 11) is 0. The van der Waals surface area contributed by atoms with Crippen LogP contribution in [0.1, 0.15) is 0 Å². The number of quaternary nitrogens is 1. The topological polar surface area (TPSA) is 49.2 Å². The second kappa shape index (κ2) is 9.19. The molecule has 2 fully saturated rings. The van der Waals surface area contributed by atoms with Crippen LogP contribution < -0.4 is 10.2 Å². The molecule has 2 aliphatic heterocycles. The molecule has 0 saturated carbocycles. The lowest BCUT2D eigenvalue weighted by Crippen LogP contribution is -3.15. The summed E-state index contributed by atoms with van der Waals surface area (Å²) in [4.78, 5) is 17.7. The second-order valence-corrected chi connectivity index (χ2v) is 7.75. The fraction of sp³-hybridized carbons (Fsp3) is 0.529. The number of nitrogens with one attached hydrogen (secondary N) is 2. The Morgan fingerprint density at radius 1 is 1.08 bits per heavy atom. The van der Waals surface area contributed by atoms with Crippen LogP contribution in [0.15, 0.2) is 18.2 Å². The lowest BCUT2D eigenvalue weighted by molar-refractivity contribution is -0.896. The van der Waals surface area contributed by atoms with E-state index in [0.717, 1.165) is 31.9 Å². The van der Waals surface area contributed by atoms with Gasteiger partial charge in [-0.15, -0.1) is 0 Å². The van der Waals surface area contributed by atoms with E-state index in [0.29, 0.717) is 48.0 Å². The molecule has 2 heterocycles. The third-order valence-corrected chi connectivity index (χ3v) is 5.43. The number of piperazine rings is 1. The zero-order valence-corrected chi connectivity index (χ0v) is 16.8. The van der Waals surface area contributed by atoms with Crippen LogP contribution in [0, 0.1) is 0 Å². The van der Waals surface area contributed by atoms with Gasteiger partial charge in [-0.1, -0.05) is 23.2 Å². The predicted molar refractivity (Wildman–Crippen MR) is 107 cm³/mol. The number of rotatable bonds is 3. The summed E-state index contributed by atoms with van der Waals surface area (Å²) < 4.78 is 5.30. The third-order valence-electron chi connectivity index (χ3n) is 4.64. The number of ether oxygens (including phenoxy) is 1. The monoisotopic (exact) mass is 417 g/mol. The smallest absolute Gasteiger partial charge is 0.277 e. The van der Waals surface area contributed by atoms with Gasteiger partial charge in [0.05, 0.1) is 39.4 Å². The van der Waals surface area contributed by atoms with Gasteiger partial charge < -0.3 is 24.8 Å². The van der Waals surface area contributed by atoms with Gasteiger partial charge in [0, 0.05) is 28.8 Å². The second-order valence-electron chi connectivity index (χ2n) is 6.50. The zero-order valence-electron chi connectivity index (χ0n) is 14.5. The molecule has 142 valence electrons. The summed E-state index contributed by atoms with van der Waals surface area (Å²) in [5, 5.41) is 4.98. The van der Waals surface area contributed by atoms with E-state index in [-0.39, 0.29) is 5.91 Å². The van der Waals surface area contributed by atoms with Crippen molar-refractivity contribution < 1.29 is 14.4 Å². The number of carbonyl (C=O) groups excluding carboxylic acids is 1. The minimum Gasteiger partial charge on any atom is -0.378 e. The summed E-state index contributed by atoms with van der Waals surface area (Å²) in [5.74, 6) is 0.214. The number of thiocarbonyl (C=S) groups is 1. The molecule has 2 N–H and O–H groups in total. The summed E-state index contributed by atoms with van der Waals surface area (Å²) in [5.41, 5.74) is 0.782. The first-order chi connectivity index (χ1) is 12.5. The number of hydrogen-bond donors (Lipinski definition) is 2. The minimum absolute atomic E-state index is 0.214. The van der Waals surface area contributed by atoms with Gasteiger partial charge >= 0.3 is 0 Å². The number of amides is 1. The van der Waals surface area contributed by atoms with Crippen LogP contribution in [0.4, 0.5) is 5.69 Å². The Hall–Kier alpha value is -1.12. The van der Waals surface area contributed by atoms with Gasteiger partial charge in [0.25, 0.3) is 5.91 Å². The lowest BCUT2D eigenvalue weighted by Gasteiger charge is -2.35.